The molecule has 1 heterocycles. The van der Waals surface area contributed by atoms with Gasteiger partial charge in [0.2, 0.25) is 5.91 Å². The standard InChI is InChI=1S/C14H26N2O3/c1-4-15(5-2)13(17)11-16-10-8-7-9-12(16)14(18)19-6-3/h12H,4-11H2,1-3H3/t12-/m0/s1. The SMILES string of the molecule is CCOC(=O)[C@@H]1CCCCN1CC(=O)N(CC)CC. The summed E-state index contributed by atoms with van der Waals surface area (Å²) in [6.45, 7) is 8.71. The van der Waals surface area contributed by atoms with Crippen LogP contribution in [0.4, 0.5) is 0 Å². The van der Waals surface area contributed by atoms with E-state index < -0.39 is 0 Å². The monoisotopic (exact) mass is 270 g/mol. The van der Waals surface area contributed by atoms with E-state index in [1.54, 1.807) is 4.90 Å². The van der Waals surface area contributed by atoms with E-state index in [0.29, 0.717) is 26.2 Å². The summed E-state index contributed by atoms with van der Waals surface area (Å²) in [5, 5.41) is 0. The molecule has 0 saturated carbocycles. The molecule has 0 spiro atoms. The van der Waals surface area contributed by atoms with Crippen LogP contribution in [0.3, 0.4) is 0 Å². The van der Waals surface area contributed by atoms with Crippen molar-refractivity contribution in [1.29, 1.82) is 0 Å². The summed E-state index contributed by atoms with van der Waals surface area (Å²) in [5.41, 5.74) is 0. The highest BCUT2D eigenvalue weighted by Crippen LogP contribution is 2.18. The molecular weight excluding hydrogens is 244 g/mol. The van der Waals surface area contributed by atoms with Crippen LogP contribution < -0.4 is 0 Å². The zero-order valence-corrected chi connectivity index (χ0v) is 12.4. The van der Waals surface area contributed by atoms with Gasteiger partial charge in [0.1, 0.15) is 6.04 Å². The summed E-state index contributed by atoms with van der Waals surface area (Å²) in [6.07, 6.45) is 2.87. The highest BCUT2D eigenvalue weighted by Gasteiger charge is 2.31. The Labute approximate surface area is 115 Å². The van der Waals surface area contributed by atoms with Crippen molar-refractivity contribution in [2.24, 2.45) is 0 Å². The lowest BCUT2D eigenvalue weighted by atomic mass is 10.0. The molecule has 1 aliphatic heterocycles. The first-order valence-corrected chi connectivity index (χ1v) is 7.32. The predicted molar refractivity (Wildman–Crippen MR) is 73.8 cm³/mol. The van der Waals surface area contributed by atoms with Gasteiger partial charge in [-0.05, 0) is 40.2 Å². The van der Waals surface area contributed by atoms with Gasteiger partial charge in [-0.2, -0.15) is 0 Å². The van der Waals surface area contributed by atoms with E-state index in [1.807, 2.05) is 25.7 Å². The van der Waals surface area contributed by atoms with Gasteiger partial charge < -0.3 is 9.64 Å². The number of hydrogen-bond acceptors (Lipinski definition) is 4. The molecule has 1 atom stereocenters. The van der Waals surface area contributed by atoms with Crippen LogP contribution in [0, 0.1) is 0 Å². The van der Waals surface area contributed by atoms with Crippen LogP contribution in [-0.2, 0) is 14.3 Å². The van der Waals surface area contributed by atoms with Crippen molar-refractivity contribution < 1.29 is 14.3 Å². The van der Waals surface area contributed by atoms with Crippen molar-refractivity contribution in [2.45, 2.75) is 46.1 Å². The van der Waals surface area contributed by atoms with Gasteiger partial charge in [-0.15, -0.1) is 0 Å². The fraction of sp³-hybridized carbons (Fsp3) is 0.857. The Bertz CT molecular complexity index is 303. The molecule has 110 valence electrons. The Hall–Kier alpha value is -1.10. The molecule has 0 unspecified atom stereocenters. The van der Waals surface area contributed by atoms with Gasteiger partial charge in [-0.25, -0.2) is 0 Å². The van der Waals surface area contributed by atoms with Crippen molar-refractivity contribution in [3.05, 3.63) is 0 Å². The lowest BCUT2D eigenvalue weighted by molar-refractivity contribution is -0.152. The van der Waals surface area contributed by atoms with Crippen molar-refractivity contribution >= 4 is 11.9 Å². The predicted octanol–water partition coefficient (Wildman–Crippen LogP) is 1.27. The average molecular weight is 270 g/mol. The summed E-state index contributed by atoms with van der Waals surface area (Å²) in [7, 11) is 0. The molecule has 1 aliphatic rings. The molecule has 1 fully saturated rings. The summed E-state index contributed by atoms with van der Waals surface area (Å²) in [6, 6.07) is -0.242. The third kappa shape index (κ3) is 4.49. The number of hydrogen-bond donors (Lipinski definition) is 0. The molecule has 1 amide bonds. The molecule has 0 aromatic rings. The number of amides is 1. The van der Waals surface area contributed by atoms with E-state index in [0.717, 1.165) is 25.8 Å². The first-order chi connectivity index (χ1) is 9.13. The molecular formula is C14H26N2O3. The maximum Gasteiger partial charge on any atom is 0.323 e. The first kappa shape index (κ1) is 16.0. The number of carbonyl (C=O) groups is 2. The normalized spacial score (nSPS) is 20.1. The number of likely N-dealkylation sites (tertiary alicyclic amines) is 1. The molecule has 0 aliphatic carbocycles. The molecule has 0 bridgehead atoms. The van der Waals surface area contributed by atoms with E-state index in [1.165, 1.54) is 0 Å². The Morgan fingerprint density at radius 3 is 2.47 bits per heavy atom. The Balaban J connectivity index is 2.61. The van der Waals surface area contributed by atoms with E-state index >= 15 is 0 Å². The number of rotatable bonds is 6. The van der Waals surface area contributed by atoms with Crippen LogP contribution in [0.5, 0.6) is 0 Å². The second-order valence-electron chi connectivity index (χ2n) is 4.80. The van der Waals surface area contributed by atoms with Gasteiger partial charge in [-0.1, -0.05) is 6.42 Å². The van der Waals surface area contributed by atoms with Crippen LogP contribution in [0.2, 0.25) is 0 Å². The van der Waals surface area contributed by atoms with Crippen LogP contribution in [0.1, 0.15) is 40.0 Å². The molecule has 5 nitrogen and oxygen atoms in total. The summed E-state index contributed by atoms with van der Waals surface area (Å²) >= 11 is 0. The lowest BCUT2D eigenvalue weighted by Gasteiger charge is -2.34. The molecule has 1 rings (SSSR count). The first-order valence-electron chi connectivity index (χ1n) is 7.32. The molecule has 19 heavy (non-hydrogen) atoms. The fourth-order valence-corrected chi connectivity index (χ4v) is 2.54. The maximum absolute atomic E-state index is 12.1. The van der Waals surface area contributed by atoms with Gasteiger partial charge in [0.05, 0.1) is 13.2 Å². The molecule has 0 N–H and O–H groups in total. The summed E-state index contributed by atoms with van der Waals surface area (Å²) in [4.78, 5) is 27.8. The Morgan fingerprint density at radius 2 is 1.89 bits per heavy atom. The van der Waals surface area contributed by atoms with Crippen molar-refractivity contribution in [2.75, 3.05) is 32.8 Å². The van der Waals surface area contributed by atoms with Crippen molar-refractivity contribution in [1.82, 2.24) is 9.80 Å². The average Bonchev–Trinajstić information content (AvgIpc) is 2.41. The number of carbonyl (C=O) groups excluding carboxylic acids is 2. The third-order valence-corrected chi connectivity index (χ3v) is 3.63. The van der Waals surface area contributed by atoms with E-state index in [4.69, 9.17) is 4.74 Å². The van der Waals surface area contributed by atoms with Gasteiger partial charge in [0, 0.05) is 13.1 Å². The smallest absolute Gasteiger partial charge is 0.323 e. The van der Waals surface area contributed by atoms with Gasteiger partial charge in [-0.3, -0.25) is 14.5 Å². The quantitative estimate of drug-likeness (QED) is 0.682. The largest absolute Gasteiger partial charge is 0.465 e. The van der Waals surface area contributed by atoms with Gasteiger partial charge in [0.25, 0.3) is 0 Å². The van der Waals surface area contributed by atoms with Crippen molar-refractivity contribution in [3.63, 3.8) is 0 Å². The second-order valence-corrected chi connectivity index (χ2v) is 4.80. The number of nitrogens with zero attached hydrogens (tertiary/aromatic N) is 2. The molecule has 5 heteroatoms. The summed E-state index contributed by atoms with van der Waals surface area (Å²) < 4.78 is 5.10. The highest BCUT2D eigenvalue weighted by molar-refractivity contribution is 5.80. The van der Waals surface area contributed by atoms with Crippen LogP contribution in [0.15, 0.2) is 0 Å². The Morgan fingerprint density at radius 1 is 1.21 bits per heavy atom. The maximum atomic E-state index is 12.1. The zero-order chi connectivity index (χ0) is 14.3. The molecule has 0 aromatic carbocycles. The second kappa shape index (κ2) is 8.15. The van der Waals surface area contributed by atoms with E-state index in [-0.39, 0.29) is 17.9 Å². The highest BCUT2D eigenvalue weighted by atomic mass is 16.5. The van der Waals surface area contributed by atoms with E-state index in [9.17, 15) is 9.59 Å². The fourth-order valence-electron chi connectivity index (χ4n) is 2.54. The van der Waals surface area contributed by atoms with Crippen LogP contribution in [0.25, 0.3) is 0 Å². The molecule has 1 saturated heterocycles. The minimum absolute atomic E-state index is 0.0983. The van der Waals surface area contributed by atoms with E-state index in [2.05, 4.69) is 0 Å². The minimum Gasteiger partial charge on any atom is -0.465 e. The number of ether oxygens (including phenoxy) is 1. The van der Waals surface area contributed by atoms with Gasteiger partial charge in [0.15, 0.2) is 0 Å². The minimum atomic E-state index is -0.242. The molecule has 0 radical (unpaired) electrons. The number of esters is 1. The van der Waals surface area contributed by atoms with Crippen molar-refractivity contribution in [3.8, 4) is 0 Å². The van der Waals surface area contributed by atoms with Crippen LogP contribution in [-0.4, -0.2) is 60.5 Å². The zero-order valence-electron chi connectivity index (χ0n) is 12.4. The van der Waals surface area contributed by atoms with Gasteiger partial charge >= 0.3 is 5.97 Å². The van der Waals surface area contributed by atoms with Crippen LogP contribution >= 0.6 is 0 Å². The summed E-state index contributed by atoms with van der Waals surface area (Å²) in [5.74, 6) is -0.0873. The molecule has 0 aromatic heterocycles. The number of likely N-dealkylation sites (N-methyl/N-ethyl adjacent to an activating group) is 1. The number of piperidine rings is 1. The topological polar surface area (TPSA) is 49.9 Å². The lowest BCUT2D eigenvalue weighted by Crippen LogP contribution is -2.50. The third-order valence-electron chi connectivity index (χ3n) is 3.63. The Kier molecular flexibility index (Phi) is 6.84.